The number of nitrogens with zero attached hydrogens (tertiary/aromatic N) is 2. The average molecular weight is 280 g/mol. The molecule has 3 aromatic rings. The molecule has 0 amide bonds. The third-order valence-electron chi connectivity index (χ3n) is 3.46. The molecule has 2 aromatic carbocycles. The summed E-state index contributed by atoms with van der Waals surface area (Å²) >= 11 is 0. The molecule has 1 aromatic heterocycles. The standard InChI is InChI=1S/C18H20N2O/c1-14(2)21-13-17-16-10-6-7-11-18(16)20(19-17)12-15-8-4-3-5-9-15/h3-11,14H,12-13H2,1-2H3. The van der Waals surface area contributed by atoms with Crippen LogP contribution in [0.4, 0.5) is 0 Å². The smallest absolute Gasteiger partial charge is 0.0960 e. The fourth-order valence-electron chi connectivity index (χ4n) is 2.43. The highest BCUT2D eigenvalue weighted by molar-refractivity contribution is 5.81. The summed E-state index contributed by atoms with van der Waals surface area (Å²) in [4.78, 5) is 0. The van der Waals surface area contributed by atoms with Gasteiger partial charge in [-0.05, 0) is 25.5 Å². The third kappa shape index (κ3) is 3.14. The van der Waals surface area contributed by atoms with E-state index in [1.807, 2.05) is 19.9 Å². The molecule has 1 heterocycles. The maximum absolute atomic E-state index is 5.72. The molecule has 21 heavy (non-hydrogen) atoms. The minimum absolute atomic E-state index is 0.211. The van der Waals surface area contributed by atoms with Gasteiger partial charge in [-0.3, -0.25) is 4.68 Å². The summed E-state index contributed by atoms with van der Waals surface area (Å²) in [5.41, 5.74) is 3.42. The van der Waals surface area contributed by atoms with Gasteiger partial charge < -0.3 is 4.74 Å². The van der Waals surface area contributed by atoms with Gasteiger partial charge in [0.25, 0.3) is 0 Å². The van der Waals surface area contributed by atoms with E-state index in [1.165, 1.54) is 10.9 Å². The highest BCUT2D eigenvalue weighted by Gasteiger charge is 2.11. The van der Waals surface area contributed by atoms with Crippen LogP contribution in [0.25, 0.3) is 10.9 Å². The van der Waals surface area contributed by atoms with Gasteiger partial charge in [-0.15, -0.1) is 0 Å². The van der Waals surface area contributed by atoms with Crippen molar-refractivity contribution in [2.45, 2.75) is 33.1 Å². The van der Waals surface area contributed by atoms with Gasteiger partial charge in [0.1, 0.15) is 0 Å². The van der Waals surface area contributed by atoms with Crippen molar-refractivity contribution in [3.8, 4) is 0 Å². The number of hydrogen-bond donors (Lipinski definition) is 0. The van der Waals surface area contributed by atoms with E-state index >= 15 is 0 Å². The number of hydrogen-bond acceptors (Lipinski definition) is 2. The van der Waals surface area contributed by atoms with Gasteiger partial charge in [0.2, 0.25) is 0 Å². The van der Waals surface area contributed by atoms with E-state index in [2.05, 4.69) is 53.2 Å². The van der Waals surface area contributed by atoms with Crippen molar-refractivity contribution in [2.75, 3.05) is 0 Å². The first-order chi connectivity index (χ1) is 10.2. The zero-order chi connectivity index (χ0) is 14.7. The minimum atomic E-state index is 0.211. The van der Waals surface area contributed by atoms with Crippen molar-refractivity contribution in [1.29, 1.82) is 0 Å². The summed E-state index contributed by atoms with van der Waals surface area (Å²) in [6.07, 6.45) is 0.211. The van der Waals surface area contributed by atoms with Crippen LogP contribution in [0.5, 0.6) is 0 Å². The molecule has 0 saturated carbocycles. The first-order valence-corrected chi connectivity index (χ1v) is 7.34. The lowest BCUT2D eigenvalue weighted by atomic mass is 10.2. The SMILES string of the molecule is CC(C)OCc1nn(Cc2ccccc2)c2ccccc12. The van der Waals surface area contributed by atoms with E-state index < -0.39 is 0 Å². The number of aromatic nitrogens is 2. The van der Waals surface area contributed by atoms with E-state index in [0.29, 0.717) is 6.61 Å². The number of ether oxygens (including phenoxy) is 1. The zero-order valence-electron chi connectivity index (χ0n) is 12.5. The Kier molecular flexibility index (Phi) is 4.02. The Morgan fingerprint density at radius 3 is 2.48 bits per heavy atom. The molecule has 0 radical (unpaired) electrons. The van der Waals surface area contributed by atoms with Crippen LogP contribution in [0, 0.1) is 0 Å². The van der Waals surface area contributed by atoms with Gasteiger partial charge in [-0.25, -0.2) is 0 Å². The van der Waals surface area contributed by atoms with Crippen LogP contribution < -0.4 is 0 Å². The van der Waals surface area contributed by atoms with E-state index in [-0.39, 0.29) is 6.10 Å². The quantitative estimate of drug-likeness (QED) is 0.706. The number of benzene rings is 2. The molecule has 3 nitrogen and oxygen atoms in total. The topological polar surface area (TPSA) is 27.1 Å². The Morgan fingerprint density at radius 1 is 1.00 bits per heavy atom. The molecule has 0 unspecified atom stereocenters. The maximum Gasteiger partial charge on any atom is 0.0960 e. The molecule has 0 aliphatic heterocycles. The van der Waals surface area contributed by atoms with E-state index in [1.54, 1.807) is 0 Å². The average Bonchev–Trinajstić information content (AvgIpc) is 2.85. The molecule has 0 spiro atoms. The summed E-state index contributed by atoms with van der Waals surface area (Å²) in [6.45, 7) is 5.43. The van der Waals surface area contributed by atoms with Crippen molar-refractivity contribution in [1.82, 2.24) is 9.78 Å². The second kappa shape index (κ2) is 6.10. The molecule has 108 valence electrons. The Hall–Kier alpha value is -2.13. The summed E-state index contributed by atoms with van der Waals surface area (Å²) < 4.78 is 7.78. The maximum atomic E-state index is 5.72. The summed E-state index contributed by atoms with van der Waals surface area (Å²) in [5.74, 6) is 0. The van der Waals surface area contributed by atoms with Crippen molar-refractivity contribution < 1.29 is 4.74 Å². The van der Waals surface area contributed by atoms with Crippen LogP contribution in [0.15, 0.2) is 54.6 Å². The van der Waals surface area contributed by atoms with Crippen LogP contribution >= 0.6 is 0 Å². The highest BCUT2D eigenvalue weighted by Crippen LogP contribution is 2.20. The predicted octanol–water partition coefficient (Wildman–Crippen LogP) is 4.01. The minimum Gasteiger partial charge on any atom is -0.372 e. The lowest BCUT2D eigenvalue weighted by Crippen LogP contribution is -2.05. The summed E-state index contributed by atoms with van der Waals surface area (Å²) in [6, 6.07) is 18.7. The normalized spacial score (nSPS) is 11.4. The van der Waals surface area contributed by atoms with Crippen molar-refractivity contribution in [3.05, 3.63) is 65.9 Å². The fourth-order valence-corrected chi connectivity index (χ4v) is 2.43. The molecular formula is C18H20N2O. The highest BCUT2D eigenvalue weighted by atomic mass is 16.5. The Labute approximate surface area is 125 Å². The van der Waals surface area contributed by atoms with Crippen LogP contribution in [0.1, 0.15) is 25.1 Å². The Balaban J connectivity index is 1.95. The van der Waals surface area contributed by atoms with Crippen LogP contribution in [-0.4, -0.2) is 15.9 Å². The molecule has 3 rings (SSSR count). The summed E-state index contributed by atoms with van der Waals surface area (Å²) in [7, 11) is 0. The van der Waals surface area contributed by atoms with Crippen molar-refractivity contribution in [2.24, 2.45) is 0 Å². The molecule has 0 saturated heterocycles. The molecule has 0 bridgehead atoms. The van der Waals surface area contributed by atoms with E-state index in [9.17, 15) is 0 Å². The van der Waals surface area contributed by atoms with Crippen molar-refractivity contribution in [3.63, 3.8) is 0 Å². The third-order valence-corrected chi connectivity index (χ3v) is 3.46. The van der Waals surface area contributed by atoms with Gasteiger partial charge in [0.15, 0.2) is 0 Å². The van der Waals surface area contributed by atoms with Crippen molar-refractivity contribution >= 4 is 10.9 Å². The van der Waals surface area contributed by atoms with E-state index in [4.69, 9.17) is 9.84 Å². The monoisotopic (exact) mass is 280 g/mol. The predicted molar refractivity (Wildman–Crippen MR) is 85.2 cm³/mol. The zero-order valence-corrected chi connectivity index (χ0v) is 12.5. The molecule has 0 fully saturated rings. The van der Waals surface area contributed by atoms with Crippen LogP contribution in [-0.2, 0) is 17.9 Å². The lowest BCUT2D eigenvalue weighted by Gasteiger charge is -2.05. The molecule has 0 aliphatic carbocycles. The Morgan fingerprint density at radius 2 is 1.71 bits per heavy atom. The second-order valence-electron chi connectivity index (χ2n) is 5.47. The molecule has 3 heteroatoms. The van der Waals surface area contributed by atoms with Crippen LogP contribution in [0.2, 0.25) is 0 Å². The number of fused-ring (bicyclic) bond motifs is 1. The van der Waals surface area contributed by atoms with Gasteiger partial charge in [-0.2, -0.15) is 5.10 Å². The number of rotatable bonds is 5. The molecule has 0 N–H and O–H groups in total. The molecular weight excluding hydrogens is 260 g/mol. The lowest BCUT2D eigenvalue weighted by molar-refractivity contribution is 0.0639. The van der Waals surface area contributed by atoms with Gasteiger partial charge in [-0.1, -0.05) is 48.5 Å². The molecule has 0 aliphatic rings. The second-order valence-corrected chi connectivity index (χ2v) is 5.47. The van der Waals surface area contributed by atoms with Crippen LogP contribution in [0.3, 0.4) is 0 Å². The first kappa shape index (κ1) is 13.8. The number of para-hydroxylation sites is 1. The van der Waals surface area contributed by atoms with Gasteiger partial charge >= 0.3 is 0 Å². The largest absolute Gasteiger partial charge is 0.372 e. The summed E-state index contributed by atoms with van der Waals surface area (Å²) in [5, 5.41) is 5.92. The van der Waals surface area contributed by atoms with Gasteiger partial charge in [0, 0.05) is 5.39 Å². The Bertz CT molecular complexity index is 716. The first-order valence-electron chi connectivity index (χ1n) is 7.34. The fraction of sp³-hybridized carbons (Fsp3) is 0.278. The van der Waals surface area contributed by atoms with E-state index in [0.717, 1.165) is 17.8 Å². The molecule has 0 atom stereocenters. The van der Waals surface area contributed by atoms with Gasteiger partial charge in [0.05, 0.1) is 30.5 Å².